The topological polar surface area (TPSA) is 54.6 Å². The van der Waals surface area contributed by atoms with Crippen LogP contribution < -0.4 is 10.9 Å². The molecule has 6 aromatic rings. The molecular weight excluding hydrogens is 420 g/mol. The molecule has 4 nitrogen and oxygen atoms in total. The first-order chi connectivity index (χ1) is 16.7. The van der Waals surface area contributed by atoms with Crippen LogP contribution in [0.3, 0.4) is 0 Å². The number of nitrogens with zero attached hydrogens (tertiary/aromatic N) is 2. The van der Waals surface area contributed by atoms with Crippen molar-refractivity contribution in [1.29, 1.82) is 0 Å². The summed E-state index contributed by atoms with van der Waals surface area (Å²) in [4.78, 5) is 18.5. The molecule has 0 saturated carbocycles. The first kappa shape index (κ1) is 18.8. The summed E-state index contributed by atoms with van der Waals surface area (Å²) in [6, 6.07) is 33.3. The van der Waals surface area contributed by atoms with Crippen molar-refractivity contribution in [2.24, 2.45) is 4.99 Å². The zero-order valence-electron chi connectivity index (χ0n) is 18.1. The van der Waals surface area contributed by atoms with Gasteiger partial charge in [-0.05, 0) is 40.9 Å². The van der Waals surface area contributed by atoms with Crippen molar-refractivity contribution >= 4 is 27.2 Å². The lowest BCUT2D eigenvalue weighted by Gasteiger charge is -2.14. The predicted molar refractivity (Wildman–Crippen MR) is 135 cm³/mol. The van der Waals surface area contributed by atoms with E-state index < -0.39 is 0 Å². The molecule has 0 radical (unpaired) electrons. The van der Waals surface area contributed by atoms with Gasteiger partial charge in [-0.15, -0.1) is 0 Å². The molecule has 0 unspecified atom stereocenters. The van der Waals surface area contributed by atoms with E-state index in [1.54, 1.807) is 0 Å². The number of aromatic hydroxyl groups is 1. The number of hydrogen-bond acceptors (Lipinski definition) is 3. The Bertz CT molecular complexity index is 1990. The summed E-state index contributed by atoms with van der Waals surface area (Å²) in [7, 11) is 0. The number of pyridine rings is 1. The van der Waals surface area contributed by atoms with E-state index in [0.717, 1.165) is 43.4 Å². The summed E-state index contributed by atoms with van der Waals surface area (Å²) >= 11 is 0. The van der Waals surface area contributed by atoms with Gasteiger partial charge in [0.25, 0.3) is 5.56 Å². The molecule has 0 bridgehead atoms. The first-order valence-corrected chi connectivity index (χ1v) is 11.2. The minimum atomic E-state index is -0.241. The van der Waals surface area contributed by atoms with E-state index in [1.807, 2.05) is 84.9 Å². The molecule has 1 aromatic heterocycles. The minimum absolute atomic E-state index is 0.0539. The third kappa shape index (κ3) is 2.48. The molecule has 7 rings (SSSR count). The summed E-state index contributed by atoms with van der Waals surface area (Å²) in [5, 5.41) is 17.0. The summed E-state index contributed by atoms with van der Waals surface area (Å²) in [6.45, 7) is 0. The van der Waals surface area contributed by atoms with Gasteiger partial charge in [0.1, 0.15) is 0 Å². The second kappa shape index (κ2) is 6.90. The van der Waals surface area contributed by atoms with Gasteiger partial charge in [-0.3, -0.25) is 4.79 Å². The monoisotopic (exact) mass is 438 g/mol. The molecule has 1 N–H and O–H groups in total. The molecular formula is C30H18N2O2. The van der Waals surface area contributed by atoms with E-state index in [9.17, 15) is 9.90 Å². The number of aromatic nitrogens is 1. The van der Waals surface area contributed by atoms with E-state index in [2.05, 4.69) is 18.2 Å². The van der Waals surface area contributed by atoms with Crippen LogP contribution in [0.25, 0.3) is 38.4 Å². The fourth-order valence-electron chi connectivity index (χ4n) is 5.18. The van der Waals surface area contributed by atoms with Crippen LogP contribution in [0.2, 0.25) is 0 Å². The van der Waals surface area contributed by atoms with Crippen molar-refractivity contribution < 1.29 is 5.11 Å². The summed E-state index contributed by atoms with van der Waals surface area (Å²) < 4.78 is 1.38. The molecule has 0 fully saturated rings. The van der Waals surface area contributed by atoms with Gasteiger partial charge in [-0.25, -0.2) is 9.56 Å². The maximum atomic E-state index is 13.5. The van der Waals surface area contributed by atoms with Crippen LogP contribution in [0.4, 0.5) is 5.69 Å². The van der Waals surface area contributed by atoms with Crippen LogP contribution >= 0.6 is 0 Å². The molecule has 0 spiro atoms. The third-order valence-electron chi connectivity index (χ3n) is 6.69. The smallest absolute Gasteiger partial charge is 0.265 e. The van der Waals surface area contributed by atoms with Crippen LogP contribution in [0.1, 0.15) is 0 Å². The molecule has 34 heavy (non-hydrogen) atoms. The highest BCUT2D eigenvalue weighted by atomic mass is 16.3. The Hall–Kier alpha value is -4.70. The highest BCUT2D eigenvalue weighted by Crippen LogP contribution is 2.34. The lowest BCUT2D eigenvalue weighted by Crippen LogP contribution is -2.19. The van der Waals surface area contributed by atoms with E-state index in [1.165, 1.54) is 4.57 Å². The highest BCUT2D eigenvalue weighted by Gasteiger charge is 2.18. The zero-order chi connectivity index (χ0) is 22.8. The maximum absolute atomic E-state index is 13.5. The van der Waals surface area contributed by atoms with E-state index in [4.69, 9.17) is 4.99 Å². The molecule has 1 aliphatic heterocycles. The lowest BCUT2D eigenvalue weighted by molar-refractivity contribution is 0.443. The number of benzene rings is 5. The molecule has 0 aliphatic carbocycles. The molecule has 4 heteroatoms. The van der Waals surface area contributed by atoms with Crippen molar-refractivity contribution in [3.05, 3.63) is 129 Å². The SMILES string of the molecule is O=c1c2ccc(=c3cccc4c3=Nc3ccccc3-4)c3cccc(c(O)n1-c1ccccc1)c32. The van der Waals surface area contributed by atoms with Gasteiger partial charge in [0.2, 0.25) is 5.88 Å². The van der Waals surface area contributed by atoms with Gasteiger partial charge in [-0.1, -0.05) is 72.8 Å². The third-order valence-corrected chi connectivity index (χ3v) is 6.69. The zero-order valence-corrected chi connectivity index (χ0v) is 18.1. The Balaban J connectivity index is 1.67. The average molecular weight is 438 g/mol. The number of hydrogen-bond donors (Lipinski definition) is 1. The summed E-state index contributed by atoms with van der Waals surface area (Å²) in [5.41, 5.74) is 3.59. The molecule has 0 saturated heterocycles. The van der Waals surface area contributed by atoms with Gasteiger partial charge < -0.3 is 5.11 Å². The Morgan fingerprint density at radius 1 is 0.618 bits per heavy atom. The van der Waals surface area contributed by atoms with Gasteiger partial charge in [0.05, 0.1) is 16.7 Å². The first-order valence-electron chi connectivity index (χ1n) is 11.2. The molecule has 160 valence electrons. The Kier molecular flexibility index (Phi) is 3.82. The number of fused-ring (bicyclic) bond motifs is 3. The molecule has 0 atom stereocenters. The van der Waals surface area contributed by atoms with Crippen molar-refractivity contribution in [3.8, 4) is 22.7 Å². The lowest BCUT2D eigenvalue weighted by atomic mass is 9.98. The Labute approximate surface area is 194 Å². The van der Waals surface area contributed by atoms with Crippen molar-refractivity contribution in [2.45, 2.75) is 0 Å². The van der Waals surface area contributed by atoms with E-state index >= 15 is 0 Å². The molecule has 5 aromatic carbocycles. The largest absolute Gasteiger partial charge is 0.494 e. The fraction of sp³-hybridized carbons (Fsp3) is 0. The van der Waals surface area contributed by atoms with Crippen molar-refractivity contribution in [1.82, 2.24) is 4.57 Å². The quantitative estimate of drug-likeness (QED) is 0.353. The average Bonchev–Trinajstić information content (AvgIpc) is 3.27. The highest BCUT2D eigenvalue weighted by molar-refractivity contribution is 6.11. The van der Waals surface area contributed by atoms with Crippen molar-refractivity contribution in [2.75, 3.05) is 0 Å². The molecule has 2 heterocycles. The van der Waals surface area contributed by atoms with Crippen LogP contribution in [-0.2, 0) is 0 Å². The van der Waals surface area contributed by atoms with Crippen molar-refractivity contribution in [3.63, 3.8) is 0 Å². The van der Waals surface area contributed by atoms with Crippen LogP contribution in [0, 0.1) is 10.4 Å². The van der Waals surface area contributed by atoms with Gasteiger partial charge in [0, 0.05) is 32.5 Å². The van der Waals surface area contributed by atoms with Gasteiger partial charge >= 0.3 is 0 Å². The normalized spacial score (nSPS) is 13.1. The molecule has 0 amide bonds. The maximum Gasteiger partial charge on any atom is 0.265 e. The van der Waals surface area contributed by atoms with Gasteiger partial charge in [0.15, 0.2) is 0 Å². The van der Waals surface area contributed by atoms with E-state index in [0.29, 0.717) is 16.5 Å². The van der Waals surface area contributed by atoms with Crippen LogP contribution in [-0.4, -0.2) is 9.67 Å². The van der Waals surface area contributed by atoms with Gasteiger partial charge in [-0.2, -0.15) is 0 Å². The molecule has 1 aliphatic rings. The number of para-hydroxylation sites is 3. The predicted octanol–water partition coefficient (Wildman–Crippen LogP) is 5.79. The second-order valence-corrected chi connectivity index (χ2v) is 8.52. The standard InChI is InChI=1S/C30H18N2O2/c33-29-24-14-6-11-21-19(22-12-7-13-23-20-10-4-5-15-26(20)31-28(22)23)16-17-25(27(21)24)30(34)32(29)18-8-2-1-3-9-18/h1-17,33H. The number of rotatable bonds is 1. The second-order valence-electron chi connectivity index (χ2n) is 8.52. The van der Waals surface area contributed by atoms with Crippen LogP contribution in [0.5, 0.6) is 5.88 Å². The van der Waals surface area contributed by atoms with Crippen LogP contribution in [0.15, 0.2) is 113 Å². The fourth-order valence-corrected chi connectivity index (χ4v) is 5.18. The summed E-state index contributed by atoms with van der Waals surface area (Å²) in [5.74, 6) is -0.0539. The summed E-state index contributed by atoms with van der Waals surface area (Å²) in [6.07, 6.45) is 0. The minimum Gasteiger partial charge on any atom is -0.494 e. The van der Waals surface area contributed by atoms with E-state index in [-0.39, 0.29) is 11.4 Å². The Morgan fingerprint density at radius 2 is 1.35 bits per heavy atom. The Morgan fingerprint density at radius 3 is 2.24 bits per heavy atom.